The van der Waals surface area contributed by atoms with Crippen LogP contribution in [0.15, 0.2) is 78.9 Å². The summed E-state index contributed by atoms with van der Waals surface area (Å²) in [5, 5.41) is 0. The van der Waals surface area contributed by atoms with Crippen LogP contribution in [0.3, 0.4) is 0 Å². The van der Waals surface area contributed by atoms with Gasteiger partial charge in [-0.2, -0.15) is 0 Å². The fourth-order valence-electron chi connectivity index (χ4n) is 3.81. The Hall–Kier alpha value is -3.12. The van der Waals surface area contributed by atoms with Crippen LogP contribution in [0.25, 0.3) is 0 Å². The Balaban J connectivity index is 1.55. The van der Waals surface area contributed by atoms with Gasteiger partial charge in [-0.25, -0.2) is 8.42 Å². The Morgan fingerprint density at radius 3 is 2.30 bits per heavy atom. The normalized spacial score (nSPS) is 13.6. The molecule has 3 aromatic carbocycles. The SMILES string of the molecule is CS(=O)(=O)N(Cc1ccc(C(=O)N2CCCc3ccccc32)cc1)c1ccccc1. The Kier molecular flexibility index (Phi) is 5.59. The van der Waals surface area contributed by atoms with Gasteiger partial charge >= 0.3 is 0 Å². The molecular formula is C24H24N2O3S. The molecule has 0 aliphatic carbocycles. The van der Waals surface area contributed by atoms with Crippen LogP contribution in [0.2, 0.25) is 0 Å². The summed E-state index contributed by atoms with van der Waals surface area (Å²) in [5.74, 6) is -0.0308. The number of nitrogens with zero attached hydrogens (tertiary/aromatic N) is 2. The lowest BCUT2D eigenvalue weighted by molar-refractivity contribution is 0.0985. The average molecular weight is 421 g/mol. The van der Waals surface area contributed by atoms with Crippen molar-refractivity contribution in [2.45, 2.75) is 19.4 Å². The number of sulfonamides is 1. The molecule has 4 rings (SSSR count). The first-order valence-corrected chi connectivity index (χ1v) is 11.8. The molecule has 30 heavy (non-hydrogen) atoms. The minimum Gasteiger partial charge on any atom is -0.308 e. The number of hydrogen-bond acceptors (Lipinski definition) is 3. The van der Waals surface area contributed by atoms with Crippen molar-refractivity contribution in [1.29, 1.82) is 0 Å². The highest BCUT2D eigenvalue weighted by atomic mass is 32.2. The average Bonchev–Trinajstić information content (AvgIpc) is 2.77. The lowest BCUT2D eigenvalue weighted by Gasteiger charge is -2.29. The van der Waals surface area contributed by atoms with Gasteiger partial charge in [0, 0.05) is 17.8 Å². The lowest BCUT2D eigenvalue weighted by atomic mass is 10.0. The zero-order chi connectivity index (χ0) is 21.1. The Morgan fingerprint density at radius 1 is 0.933 bits per heavy atom. The van der Waals surface area contributed by atoms with Crippen LogP contribution < -0.4 is 9.21 Å². The van der Waals surface area contributed by atoms with Crippen molar-refractivity contribution in [3.05, 3.63) is 95.6 Å². The molecule has 0 spiro atoms. The van der Waals surface area contributed by atoms with Gasteiger partial charge in [-0.05, 0) is 54.3 Å². The van der Waals surface area contributed by atoms with Gasteiger partial charge in [0.15, 0.2) is 0 Å². The van der Waals surface area contributed by atoms with Gasteiger partial charge in [-0.3, -0.25) is 9.10 Å². The zero-order valence-corrected chi connectivity index (χ0v) is 17.7. The second kappa shape index (κ2) is 8.32. The van der Waals surface area contributed by atoms with Crippen molar-refractivity contribution in [2.24, 2.45) is 0 Å². The summed E-state index contributed by atoms with van der Waals surface area (Å²) in [7, 11) is -3.44. The molecular weight excluding hydrogens is 396 g/mol. The first-order valence-electron chi connectivity index (χ1n) is 9.95. The maximum Gasteiger partial charge on any atom is 0.258 e. The van der Waals surface area contributed by atoms with E-state index in [2.05, 4.69) is 6.07 Å². The molecule has 0 saturated heterocycles. The maximum absolute atomic E-state index is 13.1. The maximum atomic E-state index is 13.1. The third kappa shape index (κ3) is 4.24. The van der Waals surface area contributed by atoms with E-state index in [-0.39, 0.29) is 12.5 Å². The summed E-state index contributed by atoms with van der Waals surface area (Å²) >= 11 is 0. The van der Waals surface area contributed by atoms with Crippen molar-refractivity contribution in [2.75, 3.05) is 22.0 Å². The van der Waals surface area contributed by atoms with Gasteiger partial charge in [0.2, 0.25) is 10.0 Å². The number of para-hydroxylation sites is 2. The van der Waals surface area contributed by atoms with E-state index < -0.39 is 10.0 Å². The number of amides is 1. The number of anilines is 2. The zero-order valence-electron chi connectivity index (χ0n) is 16.9. The van der Waals surface area contributed by atoms with Gasteiger partial charge in [0.05, 0.1) is 18.5 Å². The smallest absolute Gasteiger partial charge is 0.258 e. The van der Waals surface area contributed by atoms with E-state index in [0.29, 0.717) is 17.8 Å². The van der Waals surface area contributed by atoms with Gasteiger partial charge in [-0.1, -0.05) is 48.5 Å². The van der Waals surface area contributed by atoms with Crippen LogP contribution in [-0.4, -0.2) is 27.1 Å². The molecule has 6 heteroatoms. The second-order valence-electron chi connectivity index (χ2n) is 7.49. The fourth-order valence-corrected chi connectivity index (χ4v) is 4.70. The highest BCUT2D eigenvalue weighted by Crippen LogP contribution is 2.28. The summed E-state index contributed by atoms with van der Waals surface area (Å²) in [6, 6.07) is 24.2. The third-order valence-corrected chi connectivity index (χ3v) is 6.47. The summed E-state index contributed by atoms with van der Waals surface area (Å²) in [5.41, 5.74) is 4.21. The molecule has 0 atom stereocenters. The summed E-state index contributed by atoms with van der Waals surface area (Å²) in [6.07, 6.45) is 3.13. The quantitative estimate of drug-likeness (QED) is 0.620. The van der Waals surface area contributed by atoms with E-state index in [4.69, 9.17) is 0 Å². The largest absolute Gasteiger partial charge is 0.308 e. The van der Waals surface area contributed by atoms with Crippen molar-refractivity contribution < 1.29 is 13.2 Å². The predicted molar refractivity (Wildman–Crippen MR) is 120 cm³/mol. The molecule has 1 amide bonds. The van der Waals surface area contributed by atoms with Crippen LogP contribution in [0.4, 0.5) is 11.4 Å². The van der Waals surface area contributed by atoms with Crippen LogP contribution in [0, 0.1) is 0 Å². The summed E-state index contributed by atoms with van der Waals surface area (Å²) < 4.78 is 26.0. The molecule has 0 bridgehead atoms. The number of carbonyl (C=O) groups excluding carboxylic acids is 1. The molecule has 1 aliphatic heterocycles. The van der Waals surface area contributed by atoms with E-state index >= 15 is 0 Å². The van der Waals surface area contributed by atoms with Crippen LogP contribution in [-0.2, 0) is 23.0 Å². The Labute approximate surface area is 177 Å². The molecule has 0 radical (unpaired) electrons. The summed E-state index contributed by atoms with van der Waals surface area (Å²) in [6.45, 7) is 0.914. The van der Waals surface area contributed by atoms with Crippen molar-refractivity contribution in [3.8, 4) is 0 Å². The van der Waals surface area contributed by atoms with E-state index in [1.807, 2.05) is 53.4 Å². The van der Waals surface area contributed by atoms with E-state index in [0.717, 1.165) is 24.1 Å². The van der Waals surface area contributed by atoms with E-state index in [1.54, 1.807) is 24.3 Å². The van der Waals surface area contributed by atoms with Crippen molar-refractivity contribution >= 4 is 27.3 Å². The topological polar surface area (TPSA) is 57.7 Å². The van der Waals surface area contributed by atoms with Gasteiger partial charge in [-0.15, -0.1) is 0 Å². The monoisotopic (exact) mass is 420 g/mol. The second-order valence-corrected chi connectivity index (χ2v) is 9.40. The highest BCUT2D eigenvalue weighted by Gasteiger charge is 2.23. The molecule has 154 valence electrons. The molecule has 3 aromatic rings. The molecule has 0 saturated carbocycles. The first kappa shape index (κ1) is 20.2. The van der Waals surface area contributed by atoms with Crippen LogP contribution in [0.5, 0.6) is 0 Å². The standard InChI is InChI=1S/C24H24N2O3S/c1-30(28,29)26(22-10-3-2-4-11-22)18-19-13-15-21(16-14-19)24(27)25-17-7-9-20-8-5-6-12-23(20)25/h2-6,8,10-16H,7,9,17-18H2,1H3. The van der Waals surface area contributed by atoms with Gasteiger partial charge < -0.3 is 4.90 Å². The van der Waals surface area contributed by atoms with Gasteiger partial charge in [0.25, 0.3) is 5.91 Å². The molecule has 1 aliphatic rings. The van der Waals surface area contributed by atoms with Crippen molar-refractivity contribution in [3.63, 3.8) is 0 Å². The van der Waals surface area contributed by atoms with Gasteiger partial charge in [0.1, 0.15) is 0 Å². The predicted octanol–water partition coefficient (Wildman–Crippen LogP) is 4.25. The number of carbonyl (C=O) groups is 1. The van der Waals surface area contributed by atoms with Crippen LogP contribution in [0.1, 0.15) is 27.9 Å². The number of rotatable bonds is 5. The van der Waals surface area contributed by atoms with Crippen LogP contribution >= 0.6 is 0 Å². The lowest BCUT2D eigenvalue weighted by Crippen LogP contribution is -2.35. The number of benzene rings is 3. The minimum absolute atomic E-state index is 0.0308. The van der Waals surface area contributed by atoms with E-state index in [1.165, 1.54) is 16.1 Å². The van der Waals surface area contributed by atoms with Crippen molar-refractivity contribution in [1.82, 2.24) is 0 Å². The minimum atomic E-state index is -3.44. The molecule has 5 nitrogen and oxygen atoms in total. The number of fused-ring (bicyclic) bond motifs is 1. The summed E-state index contributed by atoms with van der Waals surface area (Å²) in [4.78, 5) is 14.9. The molecule has 0 N–H and O–H groups in total. The number of aryl methyl sites for hydroxylation is 1. The molecule has 0 aromatic heterocycles. The Morgan fingerprint density at radius 2 is 1.60 bits per heavy atom. The van der Waals surface area contributed by atoms with E-state index in [9.17, 15) is 13.2 Å². The molecule has 1 heterocycles. The highest BCUT2D eigenvalue weighted by molar-refractivity contribution is 7.92. The third-order valence-electron chi connectivity index (χ3n) is 5.33. The first-order chi connectivity index (χ1) is 14.4. The fraction of sp³-hybridized carbons (Fsp3) is 0.208. The Bertz CT molecular complexity index is 1140. The number of hydrogen-bond donors (Lipinski definition) is 0. The molecule has 0 unspecified atom stereocenters. The molecule has 0 fully saturated rings.